The van der Waals surface area contributed by atoms with Gasteiger partial charge in [-0.3, -0.25) is 0 Å². The van der Waals surface area contributed by atoms with E-state index in [0.717, 1.165) is 0 Å². The Bertz CT molecular complexity index is 1870. The second kappa shape index (κ2) is 17.5. The Morgan fingerprint density at radius 2 is 0.900 bits per heavy atom. The summed E-state index contributed by atoms with van der Waals surface area (Å²) in [7, 11) is -11.8. The minimum atomic E-state index is -3.98. The largest absolute Gasteiger partial charge is 0.460 e. The van der Waals surface area contributed by atoms with Gasteiger partial charge in [0.1, 0.15) is 34.5 Å². The molecule has 4 aromatic rings. The lowest BCUT2D eigenvalue weighted by atomic mass is 10.3. The summed E-state index contributed by atoms with van der Waals surface area (Å²) in [4.78, 5) is 0. The van der Waals surface area contributed by atoms with Crippen LogP contribution in [0, 0.1) is 0 Å². The molecule has 50 heavy (non-hydrogen) atoms. The summed E-state index contributed by atoms with van der Waals surface area (Å²) in [6, 6.07) is 36.6. The summed E-state index contributed by atoms with van der Waals surface area (Å²) >= 11 is 0. The van der Waals surface area contributed by atoms with Crippen molar-refractivity contribution in [3.05, 3.63) is 195 Å². The van der Waals surface area contributed by atoms with Crippen LogP contribution < -0.4 is 18.1 Å². The first-order chi connectivity index (χ1) is 24.4. The number of para-hydroxylation sites is 4. The topological polar surface area (TPSA) is 92.5 Å². The van der Waals surface area contributed by atoms with Gasteiger partial charge in [0.15, 0.2) is 0 Å². The quantitative estimate of drug-likeness (QED) is 0.0648. The highest BCUT2D eigenvalue weighted by Gasteiger charge is 2.49. The maximum Gasteiger partial charge on any atom is 0.460 e. The van der Waals surface area contributed by atoms with E-state index >= 15 is 0 Å². The summed E-state index contributed by atoms with van der Waals surface area (Å²) in [6.07, 6.45) is 13.8. The van der Waals surface area contributed by atoms with Crippen LogP contribution in [0.5, 0.6) is 23.0 Å². The van der Waals surface area contributed by atoms with Gasteiger partial charge in [-0.25, -0.2) is 0 Å². The van der Waals surface area contributed by atoms with Crippen molar-refractivity contribution in [2.45, 2.75) is 13.8 Å². The predicted octanol–water partition coefficient (Wildman–Crippen LogP) is 13.5. The molecule has 0 saturated carbocycles. The molecule has 1 atom stereocenters. The summed E-state index contributed by atoms with van der Waals surface area (Å²) in [6.45, 7) is 11.5. The zero-order chi connectivity index (χ0) is 35.1. The van der Waals surface area contributed by atoms with E-state index in [-0.39, 0.29) is 0 Å². The van der Waals surface area contributed by atoms with E-state index in [1.165, 1.54) is 0 Å². The number of allylic oxidation sites excluding steroid dienone is 8. The maximum absolute atomic E-state index is 6.75. The first kappa shape index (κ1) is 36.1. The highest BCUT2D eigenvalue weighted by Crippen LogP contribution is 2.80. The van der Waals surface area contributed by atoms with Crippen molar-refractivity contribution in [3.63, 3.8) is 0 Å². The second-order valence-corrected chi connectivity index (χ2v) is 16.3. The zero-order valence-electron chi connectivity index (χ0n) is 27.7. The zero-order valence-corrected chi connectivity index (χ0v) is 30.4. The van der Waals surface area contributed by atoms with Crippen molar-refractivity contribution in [1.29, 1.82) is 0 Å². The molecule has 0 saturated heterocycles. The molecular formula is C38H38N3O6P3. The van der Waals surface area contributed by atoms with Crippen LogP contribution in [0.2, 0.25) is 0 Å². The lowest BCUT2D eigenvalue weighted by Crippen LogP contribution is -2.09. The predicted molar refractivity (Wildman–Crippen MR) is 205 cm³/mol. The number of rotatable bonds is 16. The molecule has 256 valence electrons. The molecule has 4 aromatic carbocycles. The van der Waals surface area contributed by atoms with Gasteiger partial charge in [0.25, 0.3) is 0 Å². The van der Waals surface area contributed by atoms with Crippen molar-refractivity contribution in [2.24, 2.45) is 13.5 Å². The van der Waals surface area contributed by atoms with Crippen molar-refractivity contribution in [3.8, 4) is 23.0 Å². The number of nitrogens with zero attached hydrogens (tertiary/aromatic N) is 3. The Labute approximate surface area is 294 Å². The molecule has 0 fully saturated rings. The average molecular weight is 726 g/mol. The van der Waals surface area contributed by atoms with Crippen LogP contribution in [0.25, 0.3) is 0 Å². The second-order valence-electron chi connectivity index (χ2n) is 10.1. The summed E-state index contributed by atoms with van der Waals surface area (Å²) in [5, 5.41) is 0. The molecule has 0 aromatic heterocycles. The number of hydrogen-bond donors (Lipinski definition) is 0. The Hall–Kier alpha value is -5.19. The Kier molecular flexibility index (Phi) is 12.6. The van der Waals surface area contributed by atoms with Gasteiger partial charge in [0.2, 0.25) is 0 Å². The van der Waals surface area contributed by atoms with Crippen molar-refractivity contribution in [1.82, 2.24) is 0 Å². The molecule has 1 aliphatic rings. The summed E-state index contributed by atoms with van der Waals surface area (Å²) in [5.41, 5.74) is 0. The summed E-state index contributed by atoms with van der Waals surface area (Å²) in [5.74, 6) is 2.46. The third kappa shape index (κ3) is 9.93. The standard InChI is InChI=1S/C38H38N3O6P3/c1-5-9-23-33(7-3)42-48(43-34(8-4)24-10-6-2)39-49(44-35-25-15-11-16-26-35,45-36-27-17-12-18-28-36)41-50(40-48,46-37-29-19-13-20-30-37)47-38-31-21-14-22-32-38/h5-32H,1,4H2,2-3H3. The van der Waals surface area contributed by atoms with Crippen LogP contribution in [-0.2, 0) is 9.05 Å². The summed E-state index contributed by atoms with van der Waals surface area (Å²) < 4.78 is 55.9. The van der Waals surface area contributed by atoms with Crippen molar-refractivity contribution >= 4 is 23.0 Å². The highest BCUT2D eigenvalue weighted by molar-refractivity contribution is 7.78. The van der Waals surface area contributed by atoms with E-state index in [2.05, 4.69) is 13.2 Å². The molecular weight excluding hydrogens is 687 g/mol. The van der Waals surface area contributed by atoms with E-state index in [9.17, 15) is 0 Å². The Morgan fingerprint density at radius 3 is 1.26 bits per heavy atom. The first-order valence-electron chi connectivity index (χ1n) is 15.6. The third-order valence-electron chi connectivity index (χ3n) is 6.33. The fraction of sp³-hybridized carbons (Fsp3) is 0.0526. The molecule has 0 amide bonds. The Morgan fingerprint density at radius 1 is 0.520 bits per heavy atom. The van der Waals surface area contributed by atoms with Crippen LogP contribution >= 0.6 is 23.0 Å². The molecule has 1 unspecified atom stereocenters. The fourth-order valence-corrected chi connectivity index (χ4v) is 13.3. The van der Waals surface area contributed by atoms with E-state index in [1.54, 1.807) is 85.0 Å². The Balaban J connectivity index is 1.92. The van der Waals surface area contributed by atoms with Crippen LogP contribution in [0.15, 0.2) is 208 Å². The molecule has 9 nitrogen and oxygen atoms in total. The molecule has 0 spiro atoms. The van der Waals surface area contributed by atoms with Crippen LogP contribution in [0.3, 0.4) is 0 Å². The molecule has 0 bridgehead atoms. The highest BCUT2D eigenvalue weighted by atomic mass is 31.3. The molecule has 0 N–H and O–H groups in total. The minimum Gasteiger partial charge on any atom is -0.414 e. The third-order valence-corrected chi connectivity index (χ3v) is 14.4. The van der Waals surface area contributed by atoms with E-state index in [4.69, 9.17) is 40.7 Å². The van der Waals surface area contributed by atoms with Crippen LogP contribution in [0.4, 0.5) is 0 Å². The van der Waals surface area contributed by atoms with Crippen molar-refractivity contribution < 1.29 is 27.1 Å². The SMILES string of the molecule is C=CC=CC(=CC)OP1(OC(C=C)=CC=CC)=NP(Oc2ccccc2)(Oc2ccccc2)=NP(Oc2ccccc2)(Oc2ccccc2)=N1. The number of hydrogen-bond acceptors (Lipinski definition) is 9. The molecule has 1 heterocycles. The number of benzene rings is 4. The van der Waals surface area contributed by atoms with Gasteiger partial charge in [-0.05, 0) is 86.7 Å². The normalized spacial score (nSPS) is 18.1. The maximum atomic E-state index is 6.75. The van der Waals surface area contributed by atoms with Gasteiger partial charge < -0.3 is 27.1 Å². The van der Waals surface area contributed by atoms with Gasteiger partial charge in [-0.2, -0.15) is 0 Å². The van der Waals surface area contributed by atoms with Crippen LogP contribution in [-0.4, -0.2) is 0 Å². The molecule has 0 radical (unpaired) electrons. The van der Waals surface area contributed by atoms with Gasteiger partial charge in [-0.15, -0.1) is 0 Å². The first-order valence-corrected chi connectivity index (χ1v) is 20.2. The molecule has 12 heteroatoms. The average Bonchev–Trinajstić information content (AvgIpc) is 3.13. The lowest BCUT2D eigenvalue weighted by Gasteiger charge is -2.33. The fourth-order valence-electron chi connectivity index (χ4n) is 4.18. The van der Waals surface area contributed by atoms with Gasteiger partial charge >= 0.3 is 23.0 Å². The molecule has 5 rings (SSSR count). The minimum absolute atomic E-state index is 0.323. The van der Waals surface area contributed by atoms with E-state index in [0.29, 0.717) is 34.5 Å². The lowest BCUT2D eigenvalue weighted by molar-refractivity contribution is 0.357. The monoisotopic (exact) mass is 725 g/mol. The molecule has 1 aliphatic heterocycles. The molecule has 0 aliphatic carbocycles. The van der Waals surface area contributed by atoms with Gasteiger partial charge in [-0.1, -0.05) is 124 Å². The van der Waals surface area contributed by atoms with Gasteiger partial charge in [0, 0.05) is 0 Å². The smallest absolute Gasteiger partial charge is 0.414 e. The van der Waals surface area contributed by atoms with E-state index < -0.39 is 23.0 Å². The van der Waals surface area contributed by atoms with Crippen molar-refractivity contribution in [2.75, 3.05) is 0 Å². The van der Waals surface area contributed by atoms with E-state index in [1.807, 2.05) is 98.8 Å². The van der Waals surface area contributed by atoms with Gasteiger partial charge in [0.05, 0.1) is 0 Å². The van der Waals surface area contributed by atoms with Crippen LogP contribution in [0.1, 0.15) is 13.8 Å².